The Bertz CT molecular complexity index is 592. The van der Waals surface area contributed by atoms with Gasteiger partial charge in [-0.25, -0.2) is 0 Å². The molecule has 0 N–H and O–H groups in total. The Hall–Kier alpha value is -1.33. The molecule has 1 heterocycles. The molecule has 0 bridgehead atoms. The van der Waals surface area contributed by atoms with Gasteiger partial charge in [-0.1, -0.05) is 0 Å². The molecule has 0 radical (unpaired) electrons. The maximum Gasteiger partial charge on any atom is 0.253 e. The summed E-state index contributed by atoms with van der Waals surface area (Å²) in [5, 5.41) is 0. The molecule has 106 valence electrons. The lowest BCUT2D eigenvalue weighted by atomic mass is 10.1. The van der Waals surface area contributed by atoms with Crippen molar-refractivity contribution in [2.45, 2.75) is 6.54 Å². The van der Waals surface area contributed by atoms with E-state index in [4.69, 9.17) is 0 Å². The first-order valence-electron chi connectivity index (χ1n) is 6.24. The average molecular weight is 353 g/mol. The van der Waals surface area contributed by atoms with Gasteiger partial charge in [0.2, 0.25) is 0 Å². The van der Waals surface area contributed by atoms with E-state index in [1.165, 1.54) is 0 Å². The smallest absolute Gasteiger partial charge is 0.253 e. The van der Waals surface area contributed by atoms with Gasteiger partial charge in [-0.05, 0) is 52.3 Å². The standard InChI is InChI=1S/C15H17BrN2OS/c1-17(2)12-6-4-11(5-7-12)15(19)18(3)10-13-8-9-14(16)20-13/h4-9H,10H2,1-3H3. The van der Waals surface area contributed by atoms with Gasteiger partial charge < -0.3 is 9.80 Å². The van der Waals surface area contributed by atoms with Crippen LogP contribution in [0.4, 0.5) is 5.69 Å². The third-order valence-corrected chi connectivity index (χ3v) is 4.61. The minimum absolute atomic E-state index is 0.0415. The summed E-state index contributed by atoms with van der Waals surface area (Å²) in [6.07, 6.45) is 0. The van der Waals surface area contributed by atoms with E-state index in [0.717, 1.165) is 14.4 Å². The molecule has 0 spiro atoms. The van der Waals surface area contributed by atoms with Crippen LogP contribution in [0.15, 0.2) is 40.2 Å². The third kappa shape index (κ3) is 3.61. The summed E-state index contributed by atoms with van der Waals surface area (Å²) in [4.78, 5) is 17.3. The fraction of sp³-hybridized carbons (Fsp3) is 0.267. The molecule has 0 aliphatic carbocycles. The predicted octanol–water partition coefficient (Wildman–Crippen LogP) is 3.85. The van der Waals surface area contributed by atoms with Gasteiger partial charge >= 0.3 is 0 Å². The quantitative estimate of drug-likeness (QED) is 0.834. The van der Waals surface area contributed by atoms with E-state index in [1.807, 2.05) is 62.4 Å². The summed E-state index contributed by atoms with van der Waals surface area (Å²) >= 11 is 5.09. The second kappa shape index (κ2) is 6.41. The van der Waals surface area contributed by atoms with Crippen LogP contribution in [0.1, 0.15) is 15.2 Å². The molecule has 1 aromatic carbocycles. The first-order chi connectivity index (χ1) is 9.47. The van der Waals surface area contributed by atoms with E-state index in [0.29, 0.717) is 12.1 Å². The maximum atomic E-state index is 12.3. The van der Waals surface area contributed by atoms with Gasteiger partial charge in [0.05, 0.1) is 10.3 Å². The van der Waals surface area contributed by atoms with Gasteiger partial charge in [0.25, 0.3) is 5.91 Å². The highest BCUT2D eigenvalue weighted by Gasteiger charge is 2.13. The molecule has 0 unspecified atom stereocenters. The second-order valence-corrected chi connectivity index (χ2v) is 7.36. The van der Waals surface area contributed by atoms with Crippen LogP contribution in [-0.4, -0.2) is 32.0 Å². The molecule has 1 aromatic heterocycles. The second-order valence-electron chi connectivity index (χ2n) is 4.81. The van der Waals surface area contributed by atoms with E-state index in [1.54, 1.807) is 16.2 Å². The predicted molar refractivity (Wildman–Crippen MR) is 88.6 cm³/mol. The van der Waals surface area contributed by atoms with E-state index >= 15 is 0 Å². The molecule has 2 rings (SSSR count). The van der Waals surface area contributed by atoms with Crippen molar-refractivity contribution >= 4 is 38.9 Å². The maximum absolute atomic E-state index is 12.3. The molecule has 0 fully saturated rings. The SMILES string of the molecule is CN(Cc1ccc(Br)s1)C(=O)c1ccc(N(C)C)cc1. The van der Waals surface area contributed by atoms with E-state index < -0.39 is 0 Å². The lowest BCUT2D eigenvalue weighted by Gasteiger charge is -2.17. The van der Waals surface area contributed by atoms with Crippen molar-refractivity contribution in [3.63, 3.8) is 0 Å². The number of carbonyl (C=O) groups excluding carboxylic acids is 1. The molecule has 0 atom stereocenters. The Labute approximate surface area is 132 Å². The minimum atomic E-state index is 0.0415. The lowest BCUT2D eigenvalue weighted by molar-refractivity contribution is 0.0786. The Morgan fingerprint density at radius 1 is 1.10 bits per heavy atom. The Morgan fingerprint density at radius 3 is 2.25 bits per heavy atom. The van der Waals surface area contributed by atoms with E-state index in [2.05, 4.69) is 15.9 Å². The minimum Gasteiger partial charge on any atom is -0.378 e. The molecule has 5 heteroatoms. The number of halogens is 1. The van der Waals surface area contributed by atoms with Gasteiger partial charge in [0.1, 0.15) is 0 Å². The van der Waals surface area contributed by atoms with E-state index in [-0.39, 0.29) is 5.91 Å². The van der Waals surface area contributed by atoms with Crippen molar-refractivity contribution in [3.05, 3.63) is 50.6 Å². The van der Waals surface area contributed by atoms with Crippen molar-refractivity contribution in [2.24, 2.45) is 0 Å². The number of hydrogen-bond acceptors (Lipinski definition) is 3. The first kappa shape index (κ1) is 15.1. The van der Waals surface area contributed by atoms with Crippen LogP contribution in [0.2, 0.25) is 0 Å². The topological polar surface area (TPSA) is 23.6 Å². The summed E-state index contributed by atoms with van der Waals surface area (Å²) in [5.41, 5.74) is 1.81. The number of carbonyl (C=O) groups is 1. The summed E-state index contributed by atoms with van der Waals surface area (Å²) in [6, 6.07) is 11.7. The van der Waals surface area contributed by atoms with Crippen LogP contribution >= 0.6 is 27.3 Å². The Morgan fingerprint density at radius 2 is 1.75 bits per heavy atom. The summed E-state index contributed by atoms with van der Waals surface area (Å²) in [5.74, 6) is 0.0415. The van der Waals surface area contributed by atoms with Crippen LogP contribution in [0.3, 0.4) is 0 Å². The molecule has 0 saturated heterocycles. The summed E-state index contributed by atoms with van der Waals surface area (Å²) in [7, 11) is 5.80. The van der Waals surface area contributed by atoms with Gasteiger partial charge in [-0.2, -0.15) is 0 Å². The van der Waals surface area contributed by atoms with Crippen molar-refractivity contribution in [2.75, 3.05) is 26.0 Å². The van der Waals surface area contributed by atoms with Crippen LogP contribution in [0.5, 0.6) is 0 Å². The van der Waals surface area contributed by atoms with Crippen molar-refractivity contribution in [1.82, 2.24) is 4.90 Å². The van der Waals surface area contributed by atoms with Crippen LogP contribution in [0, 0.1) is 0 Å². The van der Waals surface area contributed by atoms with Gasteiger partial charge in [0.15, 0.2) is 0 Å². The fourth-order valence-corrected chi connectivity index (χ4v) is 3.40. The molecular weight excluding hydrogens is 336 g/mol. The molecule has 1 amide bonds. The molecular formula is C15H17BrN2OS. The summed E-state index contributed by atoms with van der Waals surface area (Å²) < 4.78 is 1.09. The Kier molecular flexibility index (Phi) is 4.83. The van der Waals surface area contributed by atoms with Gasteiger partial charge in [-0.3, -0.25) is 4.79 Å². The average Bonchev–Trinajstić information content (AvgIpc) is 2.83. The summed E-state index contributed by atoms with van der Waals surface area (Å²) in [6.45, 7) is 0.629. The number of nitrogens with zero attached hydrogens (tertiary/aromatic N) is 2. The zero-order chi connectivity index (χ0) is 14.7. The van der Waals surface area contributed by atoms with Crippen molar-refractivity contribution < 1.29 is 4.79 Å². The number of anilines is 1. The van der Waals surface area contributed by atoms with E-state index in [9.17, 15) is 4.79 Å². The zero-order valence-electron chi connectivity index (χ0n) is 11.8. The van der Waals surface area contributed by atoms with Crippen LogP contribution < -0.4 is 4.90 Å². The van der Waals surface area contributed by atoms with Gasteiger partial charge in [-0.15, -0.1) is 11.3 Å². The number of hydrogen-bond donors (Lipinski definition) is 0. The highest BCUT2D eigenvalue weighted by Crippen LogP contribution is 2.23. The number of thiophene rings is 1. The highest BCUT2D eigenvalue weighted by molar-refractivity contribution is 9.11. The van der Waals surface area contributed by atoms with Crippen LogP contribution in [0.25, 0.3) is 0 Å². The van der Waals surface area contributed by atoms with Crippen LogP contribution in [-0.2, 0) is 6.54 Å². The first-order valence-corrected chi connectivity index (χ1v) is 7.85. The lowest BCUT2D eigenvalue weighted by Crippen LogP contribution is -2.25. The van der Waals surface area contributed by atoms with Crippen molar-refractivity contribution in [3.8, 4) is 0 Å². The number of amides is 1. The highest BCUT2D eigenvalue weighted by atomic mass is 79.9. The molecule has 0 saturated carbocycles. The molecule has 0 aliphatic heterocycles. The normalized spacial score (nSPS) is 10.4. The number of rotatable bonds is 4. The Balaban J connectivity index is 2.06. The number of benzene rings is 1. The van der Waals surface area contributed by atoms with Crippen molar-refractivity contribution in [1.29, 1.82) is 0 Å². The van der Waals surface area contributed by atoms with Gasteiger partial charge in [0, 0.05) is 37.3 Å². The largest absolute Gasteiger partial charge is 0.378 e. The monoisotopic (exact) mass is 352 g/mol. The fourth-order valence-electron chi connectivity index (χ4n) is 1.86. The molecule has 2 aromatic rings. The molecule has 0 aliphatic rings. The molecule has 3 nitrogen and oxygen atoms in total. The molecule has 20 heavy (non-hydrogen) atoms. The zero-order valence-corrected chi connectivity index (χ0v) is 14.2. The third-order valence-electron chi connectivity index (χ3n) is 3.00.